The van der Waals surface area contributed by atoms with Crippen LogP contribution in [0.5, 0.6) is 0 Å². The van der Waals surface area contributed by atoms with Gasteiger partial charge in [0, 0.05) is 6.42 Å². The fraction of sp³-hybridized carbons (Fsp3) is 0.231. The summed E-state index contributed by atoms with van der Waals surface area (Å²) < 4.78 is 4.89. The molecular weight excluding hydrogens is 218 g/mol. The van der Waals surface area contributed by atoms with Crippen molar-refractivity contribution >= 4 is 5.97 Å². The second-order valence-corrected chi connectivity index (χ2v) is 3.42. The van der Waals surface area contributed by atoms with E-state index in [1.807, 2.05) is 30.3 Å². The highest BCUT2D eigenvalue weighted by Crippen LogP contribution is 2.06. The van der Waals surface area contributed by atoms with Gasteiger partial charge in [0.1, 0.15) is 5.76 Å². The first-order chi connectivity index (χ1) is 8.15. The van der Waals surface area contributed by atoms with Crippen LogP contribution in [0.4, 0.5) is 0 Å². The molecule has 0 bridgehead atoms. The predicted molar refractivity (Wildman–Crippen MR) is 63.0 cm³/mol. The molecule has 0 atom stereocenters. The maximum Gasteiger partial charge on any atom is 0.339 e. The topological polar surface area (TPSA) is 50.9 Å². The smallest absolute Gasteiger partial charge is 0.339 e. The number of aliphatic hydroxyl groups is 1. The highest BCUT2D eigenvalue weighted by atomic mass is 16.5. The van der Waals surface area contributed by atoms with Crippen LogP contribution in [0.3, 0.4) is 0 Å². The van der Waals surface area contributed by atoms with Crippen LogP contribution in [0, 0.1) is 6.57 Å². The Morgan fingerprint density at radius 1 is 1.41 bits per heavy atom. The van der Waals surface area contributed by atoms with Gasteiger partial charge in [0.25, 0.3) is 0 Å². The second kappa shape index (κ2) is 6.33. The Balaban J connectivity index is 2.46. The van der Waals surface area contributed by atoms with E-state index in [-0.39, 0.29) is 18.1 Å². The summed E-state index contributed by atoms with van der Waals surface area (Å²) in [7, 11) is 0. The molecule has 0 aliphatic rings. The summed E-state index contributed by atoms with van der Waals surface area (Å²) in [4.78, 5) is 14.3. The van der Waals surface area contributed by atoms with Crippen LogP contribution < -0.4 is 0 Å². The lowest BCUT2D eigenvalue weighted by atomic mass is 10.2. The molecule has 0 saturated heterocycles. The third kappa shape index (κ3) is 3.99. The van der Waals surface area contributed by atoms with Crippen LogP contribution in [0.2, 0.25) is 0 Å². The van der Waals surface area contributed by atoms with Gasteiger partial charge < -0.3 is 9.84 Å². The van der Waals surface area contributed by atoms with Crippen molar-refractivity contribution < 1.29 is 14.6 Å². The molecule has 17 heavy (non-hydrogen) atoms. The number of rotatable bonds is 4. The van der Waals surface area contributed by atoms with Crippen LogP contribution in [0.25, 0.3) is 4.85 Å². The van der Waals surface area contributed by atoms with Crippen molar-refractivity contribution in [1.82, 2.24) is 0 Å². The van der Waals surface area contributed by atoms with E-state index >= 15 is 0 Å². The second-order valence-electron chi connectivity index (χ2n) is 3.42. The van der Waals surface area contributed by atoms with Crippen LogP contribution in [-0.2, 0) is 16.0 Å². The summed E-state index contributed by atoms with van der Waals surface area (Å²) in [5.41, 5.74) is 0.687. The van der Waals surface area contributed by atoms with Crippen molar-refractivity contribution in [1.29, 1.82) is 0 Å². The number of benzene rings is 1. The van der Waals surface area contributed by atoms with Crippen molar-refractivity contribution in [2.24, 2.45) is 0 Å². The monoisotopic (exact) mass is 231 g/mol. The molecule has 1 rings (SSSR count). The van der Waals surface area contributed by atoms with E-state index in [0.717, 1.165) is 5.56 Å². The van der Waals surface area contributed by atoms with Crippen molar-refractivity contribution in [3.05, 3.63) is 58.8 Å². The summed E-state index contributed by atoms with van der Waals surface area (Å²) in [5.74, 6) is -1.10. The average molecular weight is 231 g/mol. The van der Waals surface area contributed by atoms with E-state index in [2.05, 4.69) is 4.85 Å². The SMILES string of the molecule is [C-]#[N+]C(C(=O)OCCc1ccccc1)=C(C)O. The lowest BCUT2D eigenvalue weighted by Gasteiger charge is -2.04. The van der Waals surface area contributed by atoms with Gasteiger partial charge in [-0.25, -0.2) is 4.85 Å². The summed E-state index contributed by atoms with van der Waals surface area (Å²) in [6.07, 6.45) is 0.586. The maximum atomic E-state index is 11.4. The average Bonchev–Trinajstić information content (AvgIpc) is 2.30. The number of hydrogen-bond donors (Lipinski definition) is 1. The Bertz CT molecular complexity index is 453. The van der Waals surface area contributed by atoms with Gasteiger partial charge >= 0.3 is 11.7 Å². The zero-order valence-electron chi connectivity index (χ0n) is 9.51. The van der Waals surface area contributed by atoms with Gasteiger partial charge in [-0.1, -0.05) is 30.3 Å². The number of carbonyl (C=O) groups excluding carboxylic acids is 1. The molecule has 0 aliphatic carbocycles. The minimum absolute atomic E-state index is 0.190. The summed E-state index contributed by atoms with van der Waals surface area (Å²) in [6, 6.07) is 9.57. The molecular formula is C13H13NO3. The third-order valence-electron chi connectivity index (χ3n) is 2.11. The summed E-state index contributed by atoms with van der Waals surface area (Å²) >= 11 is 0. The number of carbonyl (C=O) groups is 1. The molecule has 4 nitrogen and oxygen atoms in total. The minimum Gasteiger partial charge on any atom is -0.523 e. The molecule has 88 valence electrons. The Labute approximate surface area is 100.0 Å². The number of esters is 1. The highest BCUT2D eigenvalue weighted by Gasteiger charge is 2.14. The van der Waals surface area contributed by atoms with Crippen molar-refractivity contribution in [3.63, 3.8) is 0 Å². The van der Waals surface area contributed by atoms with Gasteiger partial charge in [-0.05, 0) is 12.5 Å². The fourth-order valence-electron chi connectivity index (χ4n) is 1.25. The predicted octanol–water partition coefficient (Wildman–Crippen LogP) is 2.48. The zero-order valence-corrected chi connectivity index (χ0v) is 9.51. The third-order valence-corrected chi connectivity index (χ3v) is 2.11. The van der Waals surface area contributed by atoms with E-state index in [0.29, 0.717) is 6.42 Å². The highest BCUT2D eigenvalue weighted by molar-refractivity contribution is 5.90. The molecule has 0 unspecified atom stereocenters. The fourth-order valence-corrected chi connectivity index (χ4v) is 1.25. The summed E-state index contributed by atoms with van der Waals surface area (Å²) in [5, 5.41) is 9.06. The molecule has 0 saturated carbocycles. The number of ether oxygens (including phenoxy) is 1. The van der Waals surface area contributed by atoms with Crippen molar-refractivity contribution in [3.8, 4) is 0 Å². The first kappa shape index (κ1) is 12.8. The van der Waals surface area contributed by atoms with E-state index < -0.39 is 5.97 Å². The van der Waals surface area contributed by atoms with E-state index in [1.165, 1.54) is 6.92 Å². The Morgan fingerprint density at radius 3 is 2.59 bits per heavy atom. The van der Waals surface area contributed by atoms with Crippen LogP contribution in [-0.4, -0.2) is 17.7 Å². The van der Waals surface area contributed by atoms with Crippen LogP contribution in [0.15, 0.2) is 41.8 Å². The van der Waals surface area contributed by atoms with Crippen LogP contribution >= 0.6 is 0 Å². The molecule has 1 N–H and O–H groups in total. The number of aliphatic hydroxyl groups excluding tert-OH is 1. The molecule has 0 spiro atoms. The lowest BCUT2D eigenvalue weighted by molar-refractivity contribution is -0.138. The standard InChI is InChI=1S/C13H13NO3/c1-10(15)12(14-2)13(16)17-9-8-11-6-4-3-5-7-11/h3-7,15H,8-9H2,1H3. The number of hydrogen-bond acceptors (Lipinski definition) is 3. The molecule has 0 aliphatic heterocycles. The van der Waals surface area contributed by atoms with Gasteiger partial charge in [0.15, 0.2) is 0 Å². The van der Waals surface area contributed by atoms with E-state index in [4.69, 9.17) is 16.4 Å². The Morgan fingerprint density at radius 2 is 2.06 bits per heavy atom. The molecule has 0 fully saturated rings. The van der Waals surface area contributed by atoms with E-state index in [9.17, 15) is 4.79 Å². The molecule has 4 heteroatoms. The Hall–Kier alpha value is -2.28. The molecule has 0 radical (unpaired) electrons. The van der Waals surface area contributed by atoms with Crippen LogP contribution in [0.1, 0.15) is 12.5 Å². The van der Waals surface area contributed by atoms with Gasteiger partial charge in [-0.2, -0.15) is 0 Å². The molecule has 0 aromatic heterocycles. The van der Waals surface area contributed by atoms with Gasteiger partial charge in [-0.3, -0.25) is 4.79 Å². The Kier molecular flexibility index (Phi) is 4.77. The zero-order chi connectivity index (χ0) is 12.7. The first-order valence-electron chi connectivity index (χ1n) is 5.13. The van der Waals surface area contributed by atoms with Crippen molar-refractivity contribution in [2.75, 3.05) is 6.61 Å². The largest absolute Gasteiger partial charge is 0.523 e. The van der Waals surface area contributed by atoms with E-state index in [1.54, 1.807) is 0 Å². The van der Waals surface area contributed by atoms with Crippen molar-refractivity contribution in [2.45, 2.75) is 13.3 Å². The molecule has 0 heterocycles. The maximum absolute atomic E-state index is 11.4. The normalized spacial score (nSPS) is 11.3. The molecule has 0 amide bonds. The number of allylic oxidation sites excluding steroid dienone is 1. The quantitative estimate of drug-likeness (QED) is 0.375. The number of nitrogens with zero attached hydrogens (tertiary/aromatic N) is 1. The first-order valence-corrected chi connectivity index (χ1v) is 5.13. The molecule has 1 aromatic carbocycles. The van der Waals surface area contributed by atoms with Gasteiger partial charge in [-0.15, -0.1) is 0 Å². The lowest BCUT2D eigenvalue weighted by Crippen LogP contribution is -2.10. The van der Waals surface area contributed by atoms with Gasteiger partial charge in [0.05, 0.1) is 13.2 Å². The summed E-state index contributed by atoms with van der Waals surface area (Å²) in [6.45, 7) is 8.20. The van der Waals surface area contributed by atoms with Gasteiger partial charge in [0.2, 0.25) is 0 Å². The molecule has 1 aromatic rings. The minimum atomic E-state index is -0.782.